The Hall–Kier alpha value is -1.24. The fraction of sp³-hybridized carbons (Fsp3) is 0.300. The molecule has 9 heteroatoms. The SMILES string of the molecule is CN=C(N)NCC/C=C(/C)C(=O)NCC(N)=O.Cc1c[nH]c2ccccc12.[CH3-].[Cs+]. The molecule has 0 saturated heterocycles. The van der Waals surface area contributed by atoms with Gasteiger partial charge in [-0.1, -0.05) is 24.3 Å². The molecule has 29 heavy (non-hydrogen) atoms. The van der Waals surface area contributed by atoms with Crippen LogP contribution in [0.1, 0.15) is 18.9 Å². The summed E-state index contributed by atoms with van der Waals surface area (Å²) in [6, 6.07) is 8.31. The Labute approximate surface area is 231 Å². The van der Waals surface area contributed by atoms with E-state index in [0.29, 0.717) is 24.5 Å². The summed E-state index contributed by atoms with van der Waals surface area (Å²) in [5, 5.41) is 6.57. The van der Waals surface area contributed by atoms with E-state index in [0.717, 1.165) is 0 Å². The van der Waals surface area contributed by atoms with Crippen molar-refractivity contribution in [3.8, 4) is 0 Å². The number of nitrogens with one attached hydrogen (secondary N) is 3. The minimum absolute atomic E-state index is 0. The van der Waals surface area contributed by atoms with Crippen LogP contribution in [0.5, 0.6) is 0 Å². The molecule has 2 rings (SSSR count). The van der Waals surface area contributed by atoms with Crippen LogP contribution in [0.15, 0.2) is 47.1 Å². The molecular formula is C20H31CsN6O2. The van der Waals surface area contributed by atoms with Gasteiger partial charge in [0.15, 0.2) is 5.96 Å². The number of aliphatic imine (C=N–C) groups is 1. The number of carbonyl (C=O) groups is 2. The van der Waals surface area contributed by atoms with Gasteiger partial charge in [0.05, 0.1) is 6.54 Å². The van der Waals surface area contributed by atoms with Crippen LogP contribution in [-0.2, 0) is 9.59 Å². The first kappa shape index (κ1) is 30.0. The average molecular weight is 520 g/mol. The molecule has 0 bridgehead atoms. The maximum absolute atomic E-state index is 11.4. The molecule has 7 N–H and O–H groups in total. The second kappa shape index (κ2) is 16.5. The molecule has 0 atom stereocenters. The number of aromatic nitrogens is 1. The zero-order valence-corrected chi connectivity index (χ0v) is 24.3. The molecule has 0 unspecified atom stereocenters. The minimum atomic E-state index is -0.570. The number of aryl methyl sites for hydroxylation is 1. The Morgan fingerprint density at radius 3 is 2.45 bits per heavy atom. The van der Waals surface area contributed by atoms with Gasteiger partial charge in [0, 0.05) is 36.3 Å². The van der Waals surface area contributed by atoms with Gasteiger partial charge in [-0.2, -0.15) is 0 Å². The third kappa shape index (κ3) is 12.1. The van der Waals surface area contributed by atoms with E-state index in [-0.39, 0.29) is 88.8 Å². The molecule has 1 heterocycles. The smallest absolute Gasteiger partial charge is 0.370 e. The molecule has 154 valence electrons. The molecule has 0 aliphatic carbocycles. The molecule has 1 aromatic heterocycles. The number of H-pyrrole nitrogens is 1. The van der Waals surface area contributed by atoms with Crippen molar-refractivity contribution in [3.63, 3.8) is 0 Å². The maximum Gasteiger partial charge on any atom is 1.00 e. The van der Waals surface area contributed by atoms with E-state index >= 15 is 0 Å². The zero-order chi connectivity index (χ0) is 20.2. The van der Waals surface area contributed by atoms with Crippen LogP contribution in [0.3, 0.4) is 0 Å². The standard InChI is InChI=1S/C10H19N5O2.C9H9N.CH3.Cs/c1-7(9(17)15-6-8(11)16)4-3-5-14-10(12)13-2;1-7-6-10-9-5-3-2-4-8(7)9;;/h4H,3,5-6H2,1-2H3,(H2,11,16)(H,15,17)(H3,12,13,14);2-6,10H,1H3;1H3;/q;;-1;+1/b7-4-;;;. The number of carbonyl (C=O) groups excluding carboxylic acids is 2. The maximum atomic E-state index is 11.4. The molecule has 0 aliphatic heterocycles. The van der Waals surface area contributed by atoms with E-state index in [2.05, 4.69) is 45.7 Å². The molecule has 0 radical (unpaired) electrons. The molecule has 2 aromatic rings. The van der Waals surface area contributed by atoms with Gasteiger partial charge in [0.25, 0.3) is 0 Å². The van der Waals surface area contributed by atoms with Crippen LogP contribution < -0.4 is 91.0 Å². The monoisotopic (exact) mass is 520 g/mol. The van der Waals surface area contributed by atoms with Gasteiger partial charge in [-0.05, 0) is 31.9 Å². The minimum Gasteiger partial charge on any atom is -0.370 e. The predicted molar refractivity (Wildman–Crippen MR) is 116 cm³/mol. The van der Waals surface area contributed by atoms with E-state index < -0.39 is 5.91 Å². The van der Waals surface area contributed by atoms with Gasteiger partial charge in [0.1, 0.15) is 0 Å². The van der Waals surface area contributed by atoms with Crippen molar-refractivity contribution in [1.82, 2.24) is 15.6 Å². The predicted octanol–water partition coefficient (Wildman–Crippen LogP) is -1.61. The Morgan fingerprint density at radius 1 is 1.21 bits per heavy atom. The van der Waals surface area contributed by atoms with Crippen LogP contribution in [0, 0.1) is 14.4 Å². The first-order valence-corrected chi connectivity index (χ1v) is 8.57. The second-order valence-corrected chi connectivity index (χ2v) is 5.88. The van der Waals surface area contributed by atoms with Gasteiger partial charge in [-0.3, -0.25) is 14.6 Å². The molecule has 8 nitrogen and oxygen atoms in total. The van der Waals surface area contributed by atoms with Gasteiger partial charge in [0.2, 0.25) is 11.8 Å². The summed E-state index contributed by atoms with van der Waals surface area (Å²) in [7, 11) is 1.58. The van der Waals surface area contributed by atoms with Crippen molar-refractivity contribution in [3.05, 3.63) is 55.1 Å². The van der Waals surface area contributed by atoms with E-state index in [9.17, 15) is 9.59 Å². The summed E-state index contributed by atoms with van der Waals surface area (Å²) in [6.07, 6.45) is 4.41. The van der Waals surface area contributed by atoms with Crippen molar-refractivity contribution in [2.75, 3.05) is 20.1 Å². The number of guanidine groups is 1. The summed E-state index contributed by atoms with van der Waals surface area (Å²) < 4.78 is 0. The molecule has 0 saturated carbocycles. The first-order chi connectivity index (χ1) is 12.8. The van der Waals surface area contributed by atoms with Gasteiger partial charge < -0.3 is 34.5 Å². The van der Waals surface area contributed by atoms with Crippen LogP contribution in [0.2, 0.25) is 0 Å². The number of amides is 2. The number of hydrogen-bond acceptors (Lipinski definition) is 3. The summed E-state index contributed by atoms with van der Waals surface area (Å²) in [5.41, 5.74) is 13.4. The Kier molecular flexibility index (Phi) is 17.1. The Balaban J connectivity index is 0. The van der Waals surface area contributed by atoms with Crippen LogP contribution >= 0.6 is 0 Å². The van der Waals surface area contributed by atoms with Crippen LogP contribution in [0.4, 0.5) is 0 Å². The number of nitrogens with two attached hydrogens (primary N) is 2. The topological polar surface area (TPSA) is 138 Å². The normalized spacial score (nSPS) is 10.7. The summed E-state index contributed by atoms with van der Waals surface area (Å²) in [6.45, 7) is 4.20. The number of aromatic amines is 1. The number of para-hydroxylation sites is 1. The number of fused-ring (bicyclic) bond motifs is 1. The van der Waals surface area contributed by atoms with E-state index in [1.165, 1.54) is 16.5 Å². The average Bonchev–Trinajstić information content (AvgIpc) is 3.04. The quantitative estimate of drug-likeness (QED) is 0.103. The number of hydrogen-bond donors (Lipinski definition) is 5. The summed E-state index contributed by atoms with van der Waals surface area (Å²) in [5.74, 6) is -0.519. The number of rotatable bonds is 6. The van der Waals surface area contributed by atoms with Crippen molar-refractivity contribution < 1.29 is 78.5 Å². The van der Waals surface area contributed by atoms with E-state index in [1.54, 1.807) is 20.0 Å². The largest absolute Gasteiger partial charge is 1.00 e. The number of nitrogens with zero attached hydrogens (tertiary/aromatic N) is 1. The number of primary amides is 1. The van der Waals surface area contributed by atoms with E-state index in [1.807, 2.05) is 12.3 Å². The molecule has 0 spiro atoms. The summed E-state index contributed by atoms with van der Waals surface area (Å²) >= 11 is 0. The zero-order valence-electron chi connectivity index (χ0n) is 18.0. The van der Waals surface area contributed by atoms with Crippen molar-refractivity contribution in [2.24, 2.45) is 16.5 Å². The molecule has 0 aliphatic rings. The molecule has 2 amide bonds. The third-order valence-corrected chi connectivity index (χ3v) is 3.72. The van der Waals surface area contributed by atoms with Gasteiger partial charge >= 0.3 is 68.9 Å². The molecule has 0 fully saturated rings. The van der Waals surface area contributed by atoms with Gasteiger partial charge in [-0.15, -0.1) is 0 Å². The summed E-state index contributed by atoms with van der Waals surface area (Å²) in [4.78, 5) is 28.7. The van der Waals surface area contributed by atoms with Crippen LogP contribution in [-0.4, -0.2) is 42.9 Å². The molecule has 1 aromatic carbocycles. The Morgan fingerprint density at radius 2 is 1.86 bits per heavy atom. The van der Waals surface area contributed by atoms with Crippen molar-refractivity contribution >= 4 is 28.7 Å². The van der Waals surface area contributed by atoms with E-state index in [4.69, 9.17) is 11.5 Å². The fourth-order valence-electron chi connectivity index (χ4n) is 2.18. The second-order valence-electron chi connectivity index (χ2n) is 5.88. The van der Waals surface area contributed by atoms with Crippen molar-refractivity contribution in [2.45, 2.75) is 20.3 Å². The fourth-order valence-corrected chi connectivity index (χ4v) is 2.18. The third-order valence-electron chi connectivity index (χ3n) is 3.72. The van der Waals surface area contributed by atoms with Gasteiger partial charge in [-0.25, -0.2) is 0 Å². The molecular weight excluding hydrogens is 489 g/mol. The van der Waals surface area contributed by atoms with Crippen LogP contribution in [0.25, 0.3) is 10.9 Å². The first-order valence-electron chi connectivity index (χ1n) is 8.57. The Bertz CT molecular complexity index is 829. The number of benzene rings is 1. The van der Waals surface area contributed by atoms with Crippen molar-refractivity contribution in [1.29, 1.82) is 0 Å².